The first kappa shape index (κ1) is 24.1. The lowest BCUT2D eigenvalue weighted by molar-refractivity contribution is 0.0751. The number of rotatable bonds is 3. The monoisotopic (exact) mass is 474 g/mol. The summed E-state index contributed by atoms with van der Waals surface area (Å²) in [5.41, 5.74) is 2.46. The van der Waals surface area contributed by atoms with Gasteiger partial charge in [-0.2, -0.15) is 4.98 Å². The molecule has 0 fully saturated rings. The fourth-order valence-corrected chi connectivity index (χ4v) is 3.71. The summed E-state index contributed by atoms with van der Waals surface area (Å²) in [5, 5.41) is 10.1. The van der Waals surface area contributed by atoms with E-state index in [4.69, 9.17) is 4.52 Å². The van der Waals surface area contributed by atoms with E-state index in [2.05, 4.69) is 46.5 Å². The van der Waals surface area contributed by atoms with Crippen LogP contribution in [-0.4, -0.2) is 59.4 Å². The van der Waals surface area contributed by atoms with E-state index in [1.807, 2.05) is 18.2 Å². The zero-order valence-corrected chi connectivity index (χ0v) is 20.2. The van der Waals surface area contributed by atoms with Crippen LogP contribution in [0.5, 0.6) is 0 Å². The summed E-state index contributed by atoms with van der Waals surface area (Å²) in [6, 6.07) is 14.3. The van der Waals surface area contributed by atoms with E-state index in [0.717, 1.165) is 5.56 Å². The first-order valence-corrected chi connectivity index (χ1v) is 11.7. The van der Waals surface area contributed by atoms with Gasteiger partial charge in [0.2, 0.25) is 11.7 Å². The standard InChI is InChI=1S/C26H30N6O3/c1-26(2,3)16-22-30-23(31-35-22)18-8-10-19(11-9-18)25(34)32-14-12-27-17-29-21-7-5-4-6-20(21)24(33)28-13-15-32/h4-11,17H,12-16H2,1-3H3,(H,27,29)(H,28,33). The van der Waals surface area contributed by atoms with Gasteiger partial charge in [-0.25, -0.2) is 4.99 Å². The molecule has 0 spiro atoms. The van der Waals surface area contributed by atoms with Crippen molar-refractivity contribution in [3.8, 4) is 11.4 Å². The zero-order chi connectivity index (χ0) is 24.8. The third-order valence-corrected chi connectivity index (χ3v) is 5.46. The van der Waals surface area contributed by atoms with Crippen molar-refractivity contribution in [2.75, 3.05) is 26.2 Å². The lowest BCUT2D eigenvalue weighted by atomic mass is 9.92. The third-order valence-electron chi connectivity index (χ3n) is 5.46. The number of nitrogens with zero attached hydrogens (tertiary/aromatic N) is 4. The Kier molecular flexibility index (Phi) is 7.24. The van der Waals surface area contributed by atoms with Crippen LogP contribution in [0.2, 0.25) is 0 Å². The topological polar surface area (TPSA) is 113 Å². The van der Waals surface area contributed by atoms with Gasteiger partial charge in [-0.05, 0) is 29.7 Å². The number of hydrogen-bond donors (Lipinski definition) is 2. The van der Waals surface area contributed by atoms with Gasteiger partial charge in [0.25, 0.3) is 11.8 Å². The number of amides is 2. The normalized spacial score (nSPS) is 15.7. The molecule has 2 amide bonds. The second kappa shape index (κ2) is 10.5. The number of aliphatic imine (C=N–C) groups is 1. The maximum Gasteiger partial charge on any atom is 0.253 e. The Balaban J connectivity index is 1.43. The minimum absolute atomic E-state index is 0.0473. The molecule has 2 heterocycles. The third kappa shape index (κ3) is 6.32. The van der Waals surface area contributed by atoms with Crippen LogP contribution in [0.4, 0.5) is 5.69 Å². The van der Waals surface area contributed by atoms with E-state index in [0.29, 0.717) is 61.1 Å². The Bertz CT molecular complexity index is 1210. The molecule has 0 unspecified atom stereocenters. The van der Waals surface area contributed by atoms with Crippen molar-refractivity contribution in [1.29, 1.82) is 0 Å². The van der Waals surface area contributed by atoms with Crippen LogP contribution in [0.3, 0.4) is 0 Å². The molecule has 3 aromatic rings. The van der Waals surface area contributed by atoms with Gasteiger partial charge in [0.05, 0.1) is 17.6 Å². The second-order valence-corrected chi connectivity index (χ2v) is 9.60. The van der Waals surface area contributed by atoms with Crippen molar-refractivity contribution in [2.24, 2.45) is 10.4 Å². The fraction of sp³-hybridized carbons (Fsp3) is 0.346. The number of nitrogens with one attached hydrogen (secondary N) is 2. The molecule has 35 heavy (non-hydrogen) atoms. The van der Waals surface area contributed by atoms with Gasteiger partial charge < -0.3 is 20.1 Å². The summed E-state index contributed by atoms with van der Waals surface area (Å²) in [4.78, 5) is 36.3. The van der Waals surface area contributed by atoms with Crippen molar-refractivity contribution < 1.29 is 14.1 Å². The van der Waals surface area contributed by atoms with Crippen LogP contribution in [0.25, 0.3) is 11.4 Å². The summed E-state index contributed by atoms with van der Waals surface area (Å²) in [7, 11) is 0. The average molecular weight is 475 g/mol. The first-order chi connectivity index (χ1) is 16.8. The number of benzene rings is 2. The van der Waals surface area contributed by atoms with Crippen molar-refractivity contribution in [2.45, 2.75) is 27.2 Å². The molecule has 1 aliphatic rings. The quantitative estimate of drug-likeness (QED) is 0.601. The smallest absolute Gasteiger partial charge is 0.253 e. The van der Waals surface area contributed by atoms with E-state index in [1.54, 1.807) is 41.6 Å². The average Bonchev–Trinajstić information content (AvgIpc) is 3.28. The predicted octanol–water partition coefficient (Wildman–Crippen LogP) is 3.46. The van der Waals surface area contributed by atoms with Crippen LogP contribution in [-0.2, 0) is 6.42 Å². The maximum absolute atomic E-state index is 13.2. The van der Waals surface area contributed by atoms with Gasteiger partial charge in [-0.1, -0.05) is 50.2 Å². The molecule has 0 radical (unpaired) electrons. The molecule has 9 heteroatoms. The predicted molar refractivity (Wildman–Crippen MR) is 134 cm³/mol. The van der Waals surface area contributed by atoms with Crippen molar-refractivity contribution in [3.63, 3.8) is 0 Å². The SMILES string of the molecule is CC(C)(C)Cc1nc(-c2ccc(C(=O)N3CCN/C=N/c4ccccc4C(=O)NCC3)cc2)no1. The summed E-state index contributed by atoms with van der Waals surface area (Å²) >= 11 is 0. The maximum atomic E-state index is 13.2. The molecular weight excluding hydrogens is 444 g/mol. The van der Waals surface area contributed by atoms with Gasteiger partial charge in [-0.3, -0.25) is 9.59 Å². The van der Waals surface area contributed by atoms with Crippen LogP contribution < -0.4 is 10.6 Å². The van der Waals surface area contributed by atoms with E-state index in [-0.39, 0.29) is 17.2 Å². The van der Waals surface area contributed by atoms with E-state index in [9.17, 15) is 9.59 Å². The van der Waals surface area contributed by atoms with Crippen LogP contribution in [0.15, 0.2) is 58.0 Å². The summed E-state index contributed by atoms with van der Waals surface area (Å²) in [5.74, 6) is 0.748. The Morgan fingerprint density at radius 2 is 1.80 bits per heavy atom. The van der Waals surface area contributed by atoms with Gasteiger partial charge in [0.1, 0.15) is 0 Å². The first-order valence-electron chi connectivity index (χ1n) is 11.7. The summed E-state index contributed by atoms with van der Waals surface area (Å²) in [6.07, 6.45) is 2.25. The van der Waals surface area contributed by atoms with E-state index >= 15 is 0 Å². The molecule has 2 N–H and O–H groups in total. The largest absolute Gasteiger partial charge is 0.374 e. The molecule has 0 saturated heterocycles. The Hall–Kier alpha value is -4.01. The summed E-state index contributed by atoms with van der Waals surface area (Å²) in [6.45, 7) is 8.05. The highest BCUT2D eigenvalue weighted by Gasteiger charge is 2.19. The Labute approximate surface area is 204 Å². The Morgan fingerprint density at radius 3 is 2.57 bits per heavy atom. The molecule has 0 bridgehead atoms. The van der Waals surface area contributed by atoms with Crippen LogP contribution in [0.1, 0.15) is 47.4 Å². The number of carbonyl (C=O) groups is 2. The highest BCUT2D eigenvalue weighted by molar-refractivity contribution is 5.99. The zero-order valence-electron chi connectivity index (χ0n) is 20.2. The van der Waals surface area contributed by atoms with Crippen LogP contribution in [0, 0.1) is 5.41 Å². The minimum atomic E-state index is -0.221. The van der Waals surface area contributed by atoms with E-state index < -0.39 is 0 Å². The number of aromatic nitrogens is 2. The number of carbonyl (C=O) groups excluding carboxylic acids is 2. The molecule has 9 nitrogen and oxygen atoms in total. The number of fused-ring (bicyclic) bond motifs is 1. The molecule has 4 rings (SSSR count). The van der Waals surface area contributed by atoms with Crippen molar-refractivity contribution in [1.82, 2.24) is 25.7 Å². The molecule has 1 aromatic heterocycles. The molecule has 0 saturated carbocycles. The van der Waals surface area contributed by atoms with Gasteiger partial charge in [-0.15, -0.1) is 0 Å². The minimum Gasteiger partial charge on any atom is -0.374 e. The van der Waals surface area contributed by atoms with Crippen molar-refractivity contribution >= 4 is 23.8 Å². The summed E-state index contributed by atoms with van der Waals surface area (Å²) < 4.78 is 5.38. The highest BCUT2D eigenvalue weighted by atomic mass is 16.5. The fourth-order valence-electron chi connectivity index (χ4n) is 3.71. The molecule has 2 aromatic carbocycles. The second-order valence-electron chi connectivity index (χ2n) is 9.60. The van der Waals surface area contributed by atoms with Crippen molar-refractivity contribution in [3.05, 3.63) is 65.5 Å². The molecular formula is C26H30N6O3. The molecule has 182 valence electrons. The van der Waals surface area contributed by atoms with E-state index in [1.165, 1.54) is 0 Å². The van der Waals surface area contributed by atoms with Gasteiger partial charge in [0.15, 0.2) is 0 Å². The highest BCUT2D eigenvalue weighted by Crippen LogP contribution is 2.23. The lowest BCUT2D eigenvalue weighted by Gasteiger charge is -2.23. The number of para-hydroxylation sites is 1. The number of hydrogen-bond acceptors (Lipinski definition) is 7. The van der Waals surface area contributed by atoms with Gasteiger partial charge in [0, 0.05) is 43.7 Å². The van der Waals surface area contributed by atoms with Gasteiger partial charge >= 0.3 is 0 Å². The molecule has 1 aliphatic heterocycles. The van der Waals surface area contributed by atoms with Crippen LogP contribution >= 0.6 is 0 Å². The lowest BCUT2D eigenvalue weighted by Crippen LogP contribution is -2.42. The molecule has 0 atom stereocenters. The Morgan fingerprint density at radius 1 is 1.06 bits per heavy atom. The molecule has 0 aliphatic carbocycles.